The summed E-state index contributed by atoms with van der Waals surface area (Å²) >= 11 is 18.4. The molecule has 0 unspecified atom stereocenters. The highest BCUT2D eigenvalue weighted by Crippen LogP contribution is 2.30. The predicted octanol–water partition coefficient (Wildman–Crippen LogP) is 5.18. The van der Waals surface area contributed by atoms with Crippen LogP contribution < -0.4 is 14.8 Å². The molecule has 1 amide bonds. The number of rotatable bonds is 8. The molecule has 0 aliphatic carbocycles. The molecule has 0 spiro atoms. The number of carbonyl (C=O) groups is 1. The van der Waals surface area contributed by atoms with Crippen molar-refractivity contribution in [1.82, 2.24) is 4.72 Å². The zero-order valence-electron chi connectivity index (χ0n) is 16.8. The van der Waals surface area contributed by atoms with Crippen LogP contribution in [0.1, 0.15) is 5.56 Å². The van der Waals surface area contributed by atoms with Crippen LogP contribution in [0.2, 0.25) is 15.1 Å². The molecule has 0 radical (unpaired) electrons. The van der Waals surface area contributed by atoms with E-state index in [1.54, 1.807) is 42.5 Å². The van der Waals surface area contributed by atoms with Crippen molar-refractivity contribution in [1.29, 1.82) is 0 Å². The lowest BCUT2D eigenvalue weighted by Gasteiger charge is -2.20. The lowest BCUT2D eigenvalue weighted by atomic mass is 10.1. The van der Waals surface area contributed by atoms with Crippen molar-refractivity contribution < 1.29 is 17.9 Å². The van der Waals surface area contributed by atoms with Gasteiger partial charge in [0.2, 0.25) is 15.9 Å². The van der Waals surface area contributed by atoms with Gasteiger partial charge in [0.25, 0.3) is 0 Å². The van der Waals surface area contributed by atoms with Crippen molar-refractivity contribution in [2.75, 3.05) is 12.4 Å². The van der Waals surface area contributed by atoms with Gasteiger partial charge in [-0.15, -0.1) is 0 Å². The summed E-state index contributed by atoms with van der Waals surface area (Å²) < 4.78 is 33.6. The van der Waals surface area contributed by atoms with Gasteiger partial charge in [-0.25, -0.2) is 8.42 Å². The molecular formula is C22H19Cl3N2O4S. The number of halogens is 3. The number of carbonyl (C=O) groups excluding carboxylic acids is 1. The average Bonchev–Trinajstić information content (AvgIpc) is 2.76. The van der Waals surface area contributed by atoms with Crippen LogP contribution in [0, 0.1) is 0 Å². The number of sulfonamides is 1. The van der Waals surface area contributed by atoms with E-state index in [1.807, 2.05) is 6.07 Å². The Morgan fingerprint density at radius 1 is 0.938 bits per heavy atom. The van der Waals surface area contributed by atoms with Gasteiger partial charge in [0, 0.05) is 0 Å². The molecule has 3 aromatic rings. The summed E-state index contributed by atoms with van der Waals surface area (Å²) in [5, 5.41) is 3.22. The van der Waals surface area contributed by atoms with Crippen molar-refractivity contribution in [3.63, 3.8) is 0 Å². The maximum atomic E-state index is 13.1. The highest BCUT2D eigenvalue weighted by atomic mass is 35.5. The Morgan fingerprint density at radius 2 is 1.59 bits per heavy atom. The maximum Gasteiger partial charge on any atom is 0.242 e. The van der Waals surface area contributed by atoms with E-state index in [1.165, 1.54) is 25.3 Å². The van der Waals surface area contributed by atoms with E-state index in [0.717, 1.165) is 5.56 Å². The minimum absolute atomic E-state index is 0.0951. The van der Waals surface area contributed by atoms with E-state index in [2.05, 4.69) is 10.0 Å². The zero-order valence-corrected chi connectivity index (χ0v) is 19.9. The number of amides is 1. The third kappa shape index (κ3) is 5.94. The van der Waals surface area contributed by atoms with Gasteiger partial charge in [-0.1, -0.05) is 71.2 Å². The molecule has 0 aliphatic rings. The Morgan fingerprint density at radius 3 is 2.19 bits per heavy atom. The average molecular weight is 514 g/mol. The molecule has 1 atom stereocenters. The summed E-state index contributed by atoms with van der Waals surface area (Å²) in [5.74, 6) is -0.287. The monoisotopic (exact) mass is 512 g/mol. The number of hydrogen-bond donors (Lipinski definition) is 2. The maximum absolute atomic E-state index is 13.1. The minimum Gasteiger partial charge on any atom is -0.495 e. The van der Waals surface area contributed by atoms with Gasteiger partial charge in [-0.3, -0.25) is 4.79 Å². The fourth-order valence-electron chi connectivity index (χ4n) is 2.93. The number of benzene rings is 3. The normalized spacial score (nSPS) is 12.2. The lowest BCUT2D eigenvalue weighted by molar-refractivity contribution is -0.117. The Kier molecular flexibility index (Phi) is 8.03. The van der Waals surface area contributed by atoms with E-state index in [-0.39, 0.29) is 32.1 Å². The fraction of sp³-hybridized carbons (Fsp3) is 0.136. The summed E-state index contributed by atoms with van der Waals surface area (Å²) in [7, 11) is -2.68. The van der Waals surface area contributed by atoms with Crippen LogP contribution in [0.3, 0.4) is 0 Å². The van der Waals surface area contributed by atoms with Gasteiger partial charge in [0.15, 0.2) is 0 Å². The van der Waals surface area contributed by atoms with Gasteiger partial charge < -0.3 is 10.1 Å². The lowest BCUT2D eigenvalue weighted by Crippen LogP contribution is -2.45. The van der Waals surface area contributed by atoms with Crippen molar-refractivity contribution >= 4 is 56.4 Å². The second kappa shape index (κ2) is 10.6. The molecular weight excluding hydrogens is 495 g/mol. The van der Waals surface area contributed by atoms with Gasteiger partial charge >= 0.3 is 0 Å². The van der Waals surface area contributed by atoms with Crippen LogP contribution in [-0.4, -0.2) is 27.5 Å². The molecule has 0 fully saturated rings. The largest absolute Gasteiger partial charge is 0.495 e. The molecule has 0 saturated carbocycles. The molecule has 0 heterocycles. The molecule has 32 heavy (non-hydrogen) atoms. The number of hydrogen-bond acceptors (Lipinski definition) is 4. The number of ether oxygens (including phenoxy) is 1. The number of para-hydroxylation sites is 1. The molecule has 3 rings (SSSR count). The Hall–Kier alpha value is -2.29. The Bertz CT molecular complexity index is 1200. The number of nitrogens with one attached hydrogen (secondary N) is 2. The van der Waals surface area contributed by atoms with Crippen LogP contribution in [0.4, 0.5) is 5.69 Å². The van der Waals surface area contributed by atoms with Gasteiger partial charge in [-0.05, 0) is 42.3 Å². The predicted molar refractivity (Wildman–Crippen MR) is 127 cm³/mol. The summed E-state index contributed by atoms with van der Waals surface area (Å²) in [5.41, 5.74) is 0.957. The van der Waals surface area contributed by atoms with Crippen LogP contribution in [0.25, 0.3) is 0 Å². The van der Waals surface area contributed by atoms with Crippen LogP contribution in [0.5, 0.6) is 5.75 Å². The fourth-order valence-corrected chi connectivity index (χ4v) is 4.97. The quantitative estimate of drug-likeness (QED) is 0.434. The van der Waals surface area contributed by atoms with Gasteiger partial charge in [-0.2, -0.15) is 4.72 Å². The van der Waals surface area contributed by atoms with Crippen LogP contribution in [-0.2, 0) is 21.2 Å². The van der Waals surface area contributed by atoms with Gasteiger partial charge in [0.05, 0.1) is 32.8 Å². The summed E-state index contributed by atoms with van der Waals surface area (Å²) in [6.45, 7) is 0. The Labute approximate surface area is 201 Å². The van der Waals surface area contributed by atoms with Crippen LogP contribution >= 0.6 is 34.8 Å². The standard InChI is InChI=1S/C22H19Cl3N2O4S/c1-31-20-11-10-15(13-18(20)25)32(29,30)27-19(12-14-6-3-2-4-7-14)22(28)26-21-16(23)8-5-9-17(21)24/h2-11,13,19,27H,12H2,1H3,(H,26,28)/t19-/m0/s1. The summed E-state index contributed by atoms with van der Waals surface area (Å²) in [6.07, 6.45) is 0.0951. The number of anilines is 1. The minimum atomic E-state index is -4.10. The summed E-state index contributed by atoms with van der Waals surface area (Å²) in [4.78, 5) is 13.0. The molecule has 10 heteroatoms. The van der Waals surface area contributed by atoms with E-state index in [4.69, 9.17) is 39.5 Å². The first-order valence-corrected chi connectivity index (χ1v) is 12.0. The second-order valence-electron chi connectivity index (χ2n) is 6.75. The zero-order chi connectivity index (χ0) is 23.3. The van der Waals surface area contributed by atoms with E-state index >= 15 is 0 Å². The molecule has 2 N–H and O–H groups in total. The van der Waals surface area contributed by atoms with E-state index in [9.17, 15) is 13.2 Å². The van der Waals surface area contributed by atoms with Crippen molar-refractivity contribution in [3.05, 3.63) is 87.4 Å². The van der Waals surface area contributed by atoms with Crippen molar-refractivity contribution in [2.45, 2.75) is 17.4 Å². The molecule has 0 saturated heterocycles. The van der Waals surface area contributed by atoms with Crippen LogP contribution in [0.15, 0.2) is 71.6 Å². The molecule has 3 aromatic carbocycles. The molecule has 0 bridgehead atoms. The first kappa shape index (κ1) is 24.4. The first-order valence-electron chi connectivity index (χ1n) is 9.36. The second-order valence-corrected chi connectivity index (χ2v) is 9.68. The summed E-state index contributed by atoms with van der Waals surface area (Å²) in [6, 6.07) is 16.7. The van der Waals surface area contributed by atoms with Gasteiger partial charge in [0.1, 0.15) is 11.8 Å². The van der Waals surface area contributed by atoms with E-state index < -0.39 is 22.0 Å². The highest BCUT2D eigenvalue weighted by molar-refractivity contribution is 7.89. The van der Waals surface area contributed by atoms with Crippen molar-refractivity contribution in [2.24, 2.45) is 0 Å². The topological polar surface area (TPSA) is 84.5 Å². The SMILES string of the molecule is COc1ccc(S(=O)(=O)N[C@@H](Cc2ccccc2)C(=O)Nc2c(Cl)cccc2Cl)cc1Cl. The molecule has 6 nitrogen and oxygen atoms in total. The van der Waals surface area contributed by atoms with Crippen molar-refractivity contribution in [3.8, 4) is 5.75 Å². The third-order valence-electron chi connectivity index (χ3n) is 4.54. The third-order valence-corrected chi connectivity index (χ3v) is 6.94. The first-order chi connectivity index (χ1) is 15.2. The molecule has 0 aromatic heterocycles. The highest BCUT2D eigenvalue weighted by Gasteiger charge is 2.27. The smallest absolute Gasteiger partial charge is 0.242 e. The number of methoxy groups -OCH3 is 1. The molecule has 0 aliphatic heterocycles. The Balaban J connectivity index is 1.92. The van der Waals surface area contributed by atoms with E-state index in [0.29, 0.717) is 5.75 Å². The molecule has 168 valence electrons.